The minimum atomic E-state index is -4.18. The van der Waals surface area contributed by atoms with Crippen molar-refractivity contribution < 1.29 is 22.2 Å². The molecular formula is C24H25ClN2O5S2. The van der Waals surface area contributed by atoms with Crippen molar-refractivity contribution in [2.24, 2.45) is 0 Å². The summed E-state index contributed by atoms with van der Waals surface area (Å²) in [6.07, 6.45) is 0.715. The van der Waals surface area contributed by atoms with Crippen LogP contribution in [0.5, 0.6) is 5.75 Å². The van der Waals surface area contributed by atoms with Crippen LogP contribution in [0.1, 0.15) is 42.4 Å². The van der Waals surface area contributed by atoms with E-state index in [9.17, 15) is 18.0 Å². The van der Waals surface area contributed by atoms with Crippen LogP contribution in [-0.4, -0.2) is 31.2 Å². The first kappa shape index (κ1) is 25.7. The number of halogens is 1. The van der Waals surface area contributed by atoms with Crippen molar-refractivity contribution in [2.75, 3.05) is 5.32 Å². The van der Waals surface area contributed by atoms with Gasteiger partial charge < -0.3 is 14.4 Å². The Bertz CT molecular complexity index is 1260. The van der Waals surface area contributed by atoms with E-state index in [2.05, 4.69) is 5.32 Å². The number of carbonyl (C=O) groups is 2. The molecule has 2 amide bonds. The molecule has 1 heterocycles. The Morgan fingerprint density at radius 1 is 1.15 bits per heavy atom. The third-order valence-electron chi connectivity index (χ3n) is 5.14. The van der Waals surface area contributed by atoms with E-state index in [1.54, 1.807) is 17.0 Å². The normalized spacial score (nSPS) is 12.1. The van der Waals surface area contributed by atoms with Crippen LogP contribution < -0.4 is 9.50 Å². The molecule has 0 aliphatic carbocycles. The number of hydrogen-bond donors (Lipinski definition) is 1. The topological polar surface area (TPSA) is 92.8 Å². The van der Waals surface area contributed by atoms with Gasteiger partial charge in [-0.3, -0.25) is 9.59 Å². The molecule has 0 spiro atoms. The molecule has 0 saturated heterocycles. The molecule has 34 heavy (non-hydrogen) atoms. The smallest absolute Gasteiger partial charge is 0.339 e. The molecular weight excluding hydrogens is 496 g/mol. The molecule has 1 atom stereocenters. The van der Waals surface area contributed by atoms with Crippen LogP contribution in [-0.2, 0) is 21.5 Å². The van der Waals surface area contributed by atoms with Gasteiger partial charge in [0.1, 0.15) is 10.6 Å². The van der Waals surface area contributed by atoms with E-state index < -0.39 is 10.1 Å². The van der Waals surface area contributed by atoms with E-state index in [0.29, 0.717) is 27.6 Å². The van der Waals surface area contributed by atoms with Crippen molar-refractivity contribution >= 4 is 50.6 Å². The van der Waals surface area contributed by atoms with Crippen molar-refractivity contribution in [3.8, 4) is 5.75 Å². The number of carbonyl (C=O) groups excluding carboxylic acids is 2. The number of nitrogens with one attached hydrogen (secondary N) is 1. The van der Waals surface area contributed by atoms with Crippen molar-refractivity contribution in [1.82, 2.24) is 4.90 Å². The Morgan fingerprint density at radius 3 is 2.44 bits per heavy atom. The first-order valence-electron chi connectivity index (χ1n) is 10.6. The van der Waals surface area contributed by atoms with Gasteiger partial charge in [-0.2, -0.15) is 8.42 Å². The van der Waals surface area contributed by atoms with Gasteiger partial charge in [-0.1, -0.05) is 24.6 Å². The zero-order valence-electron chi connectivity index (χ0n) is 18.9. The molecule has 0 fully saturated rings. The van der Waals surface area contributed by atoms with Crippen molar-refractivity contribution in [3.63, 3.8) is 0 Å². The van der Waals surface area contributed by atoms with Crippen LogP contribution in [0.4, 0.5) is 5.69 Å². The molecule has 0 bridgehead atoms. The van der Waals surface area contributed by atoms with Gasteiger partial charge in [-0.15, -0.1) is 11.3 Å². The molecule has 0 aliphatic heterocycles. The van der Waals surface area contributed by atoms with Crippen LogP contribution in [0.2, 0.25) is 5.02 Å². The molecule has 2 aromatic carbocycles. The van der Waals surface area contributed by atoms with Crippen LogP contribution in [0, 0.1) is 0 Å². The Balaban J connectivity index is 1.90. The van der Waals surface area contributed by atoms with Crippen molar-refractivity contribution in [1.29, 1.82) is 0 Å². The highest BCUT2D eigenvalue weighted by Crippen LogP contribution is 2.29. The molecule has 3 rings (SSSR count). The summed E-state index contributed by atoms with van der Waals surface area (Å²) < 4.78 is 31.4. The fourth-order valence-electron chi connectivity index (χ4n) is 3.20. The van der Waals surface area contributed by atoms with Gasteiger partial charge in [-0.05, 0) is 67.3 Å². The second-order valence-corrected chi connectivity index (χ2v) is 10.6. The van der Waals surface area contributed by atoms with Gasteiger partial charge in [0, 0.05) is 29.2 Å². The monoisotopic (exact) mass is 520 g/mol. The average Bonchev–Trinajstić information content (AvgIpc) is 3.33. The van der Waals surface area contributed by atoms with Gasteiger partial charge in [0.05, 0.1) is 11.4 Å². The summed E-state index contributed by atoms with van der Waals surface area (Å²) >= 11 is 7.55. The maximum Gasteiger partial charge on any atom is 0.339 e. The minimum Gasteiger partial charge on any atom is -0.379 e. The standard InChI is InChI=1S/C24H25ClN2O5S2/c1-4-16(2)27(24(29)23-6-5-13-33-23)15-18-14-19(25)7-12-22(18)32-34(30,31)21-10-8-20(9-11-21)26-17(3)28/h5-14,16H,4,15H2,1-3H3,(H,26,28)/t16-/m1/s1. The van der Waals surface area contributed by atoms with Crippen LogP contribution >= 0.6 is 22.9 Å². The number of amides is 2. The van der Waals surface area contributed by atoms with Gasteiger partial charge in [0.15, 0.2) is 0 Å². The van der Waals surface area contributed by atoms with E-state index in [4.69, 9.17) is 15.8 Å². The van der Waals surface area contributed by atoms with Crippen LogP contribution in [0.3, 0.4) is 0 Å². The lowest BCUT2D eigenvalue weighted by atomic mass is 10.1. The van der Waals surface area contributed by atoms with Gasteiger partial charge >= 0.3 is 10.1 Å². The zero-order valence-corrected chi connectivity index (χ0v) is 21.3. The molecule has 10 heteroatoms. The molecule has 0 unspecified atom stereocenters. The number of nitrogens with zero attached hydrogens (tertiary/aromatic N) is 1. The molecule has 0 radical (unpaired) electrons. The first-order valence-corrected chi connectivity index (χ1v) is 13.2. The molecule has 7 nitrogen and oxygen atoms in total. The van der Waals surface area contributed by atoms with Crippen LogP contribution in [0.15, 0.2) is 64.9 Å². The summed E-state index contributed by atoms with van der Waals surface area (Å²) in [5.74, 6) is -0.324. The van der Waals surface area contributed by atoms with Gasteiger partial charge in [-0.25, -0.2) is 0 Å². The molecule has 0 saturated carbocycles. The lowest BCUT2D eigenvalue weighted by molar-refractivity contribution is -0.114. The second-order valence-electron chi connectivity index (χ2n) is 7.66. The van der Waals surface area contributed by atoms with E-state index in [-0.39, 0.29) is 35.0 Å². The number of hydrogen-bond acceptors (Lipinski definition) is 6. The Labute approximate surface area is 208 Å². The molecule has 1 aromatic heterocycles. The molecule has 1 N–H and O–H groups in total. The predicted molar refractivity (Wildman–Crippen MR) is 134 cm³/mol. The zero-order chi connectivity index (χ0) is 24.9. The van der Waals surface area contributed by atoms with Gasteiger partial charge in [0.25, 0.3) is 5.91 Å². The SMILES string of the molecule is CC[C@@H](C)N(Cc1cc(Cl)ccc1OS(=O)(=O)c1ccc(NC(C)=O)cc1)C(=O)c1cccs1. The summed E-state index contributed by atoms with van der Waals surface area (Å²) in [4.78, 5) is 26.5. The lowest BCUT2D eigenvalue weighted by Gasteiger charge is -2.29. The maximum absolute atomic E-state index is 13.1. The second kappa shape index (κ2) is 11.0. The Hall–Kier alpha value is -2.88. The minimum absolute atomic E-state index is 0.0732. The summed E-state index contributed by atoms with van der Waals surface area (Å²) in [6.45, 7) is 5.40. The Kier molecular flexibility index (Phi) is 8.35. The number of anilines is 1. The Morgan fingerprint density at radius 2 is 1.85 bits per heavy atom. The number of thiophene rings is 1. The molecule has 3 aromatic rings. The van der Waals surface area contributed by atoms with E-state index in [0.717, 1.165) is 0 Å². The summed E-state index contributed by atoms with van der Waals surface area (Å²) in [5, 5.41) is 4.81. The van der Waals surface area contributed by atoms with E-state index in [1.165, 1.54) is 54.7 Å². The maximum atomic E-state index is 13.1. The lowest BCUT2D eigenvalue weighted by Crippen LogP contribution is -2.37. The highest BCUT2D eigenvalue weighted by Gasteiger charge is 2.25. The van der Waals surface area contributed by atoms with Gasteiger partial charge in [0.2, 0.25) is 5.91 Å². The third kappa shape index (κ3) is 6.37. The summed E-state index contributed by atoms with van der Waals surface area (Å²) in [7, 11) is -4.18. The third-order valence-corrected chi connectivity index (χ3v) is 7.48. The van der Waals surface area contributed by atoms with E-state index >= 15 is 0 Å². The fraction of sp³-hybridized carbons (Fsp3) is 0.250. The van der Waals surface area contributed by atoms with E-state index in [1.807, 2.05) is 25.3 Å². The summed E-state index contributed by atoms with van der Waals surface area (Å²) in [5.41, 5.74) is 0.936. The largest absolute Gasteiger partial charge is 0.379 e. The summed E-state index contributed by atoms with van der Waals surface area (Å²) in [6, 6.07) is 13.7. The highest BCUT2D eigenvalue weighted by atomic mass is 35.5. The molecule has 180 valence electrons. The highest BCUT2D eigenvalue weighted by molar-refractivity contribution is 7.87. The average molecular weight is 521 g/mol. The first-order chi connectivity index (χ1) is 16.1. The van der Waals surface area contributed by atoms with Crippen molar-refractivity contribution in [3.05, 3.63) is 75.4 Å². The molecule has 0 aliphatic rings. The fourth-order valence-corrected chi connectivity index (χ4v) is 5.04. The quantitative estimate of drug-likeness (QED) is 0.372. The van der Waals surface area contributed by atoms with Crippen molar-refractivity contribution in [2.45, 2.75) is 44.7 Å². The van der Waals surface area contributed by atoms with Crippen LogP contribution in [0.25, 0.3) is 0 Å². The number of benzene rings is 2. The predicted octanol–water partition coefficient (Wildman–Crippen LogP) is 5.57. The number of rotatable bonds is 9.